The van der Waals surface area contributed by atoms with Crippen LogP contribution >= 0.6 is 0 Å². The third kappa shape index (κ3) is 4.14. The van der Waals surface area contributed by atoms with Gasteiger partial charge in [0.25, 0.3) is 5.69 Å². The largest absolute Gasteiger partial charge is 0.299 e. The van der Waals surface area contributed by atoms with Crippen molar-refractivity contribution in [1.29, 1.82) is 0 Å². The number of benzene rings is 2. The van der Waals surface area contributed by atoms with E-state index in [1.165, 1.54) is 39.2 Å². The minimum atomic E-state index is -3.53. The van der Waals surface area contributed by atoms with Crippen LogP contribution in [0.25, 0.3) is 0 Å². The van der Waals surface area contributed by atoms with E-state index in [0.717, 1.165) is 9.87 Å². The Bertz CT molecular complexity index is 921. The maximum Gasteiger partial charge on any atom is 0.273 e. The van der Waals surface area contributed by atoms with Gasteiger partial charge in [0, 0.05) is 25.7 Å². The summed E-state index contributed by atoms with van der Waals surface area (Å²) in [5, 5.41) is 11.2. The van der Waals surface area contributed by atoms with Crippen LogP contribution in [0.15, 0.2) is 53.4 Å². The quantitative estimate of drug-likeness (QED) is 0.547. The molecule has 0 aliphatic rings. The van der Waals surface area contributed by atoms with Gasteiger partial charge in [-0.3, -0.25) is 14.9 Å². The number of nitro groups is 1. The lowest BCUT2D eigenvalue weighted by Crippen LogP contribution is -2.22. The number of hydrogen-bond donors (Lipinski definition) is 0. The number of para-hydroxylation sites is 1. The molecule has 0 aliphatic carbocycles. The number of nitro benzene ring substituents is 1. The first-order chi connectivity index (χ1) is 12.1. The normalized spacial score (nSPS) is 12.8. The molecule has 26 heavy (non-hydrogen) atoms. The second kappa shape index (κ2) is 7.76. The van der Waals surface area contributed by atoms with Crippen molar-refractivity contribution in [3.05, 3.63) is 69.8 Å². The molecule has 2 rings (SSSR count). The van der Waals surface area contributed by atoms with Gasteiger partial charge in [-0.05, 0) is 31.0 Å². The number of nitrogens with zero attached hydrogens (tertiary/aromatic N) is 2. The van der Waals surface area contributed by atoms with E-state index in [2.05, 4.69) is 0 Å². The average Bonchev–Trinajstić information content (AvgIpc) is 2.59. The van der Waals surface area contributed by atoms with Crippen LogP contribution in [0.5, 0.6) is 0 Å². The smallest absolute Gasteiger partial charge is 0.273 e. The molecule has 0 amide bonds. The van der Waals surface area contributed by atoms with Gasteiger partial charge in [0.05, 0.1) is 15.7 Å². The van der Waals surface area contributed by atoms with Gasteiger partial charge < -0.3 is 0 Å². The van der Waals surface area contributed by atoms with E-state index in [0.29, 0.717) is 5.56 Å². The Morgan fingerprint density at radius 1 is 1.12 bits per heavy atom. The fraction of sp³-hybridized carbons (Fsp3) is 0.278. The highest BCUT2D eigenvalue weighted by Gasteiger charge is 2.25. The number of Topliss-reactive ketones (excluding diaryl/α,β-unsaturated/α-hetero) is 1. The zero-order valence-electron chi connectivity index (χ0n) is 14.7. The molecule has 7 nitrogen and oxygen atoms in total. The van der Waals surface area contributed by atoms with Gasteiger partial charge in [-0.2, -0.15) is 0 Å². The standard InChI is InChI=1S/C18H20N2O5S/c1-13(21)17(16-6-4-5-7-18(16)20(22)23)12-14-8-10-15(11-9-14)26(24,25)19(2)3/h4-11,17H,12H2,1-3H3. The molecule has 0 bridgehead atoms. The molecule has 1 unspecified atom stereocenters. The molecule has 0 aliphatic heterocycles. The Hall–Kier alpha value is -2.58. The van der Waals surface area contributed by atoms with Gasteiger partial charge in [0.2, 0.25) is 10.0 Å². The lowest BCUT2D eigenvalue weighted by atomic mass is 9.88. The molecule has 0 spiro atoms. The fourth-order valence-electron chi connectivity index (χ4n) is 2.67. The topological polar surface area (TPSA) is 97.6 Å². The number of carbonyl (C=O) groups excluding carboxylic acids is 1. The van der Waals surface area contributed by atoms with E-state index < -0.39 is 20.9 Å². The first-order valence-electron chi connectivity index (χ1n) is 7.90. The van der Waals surface area contributed by atoms with Crippen LogP contribution in [0.4, 0.5) is 5.69 Å². The fourth-order valence-corrected chi connectivity index (χ4v) is 3.57. The Balaban J connectivity index is 2.36. The summed E-state index contributed by atoms with van der Waals surface area (Å²) in [7, 11) is -0.636. The summed E-state index contributed by atoms with van der Waals surface area (Å²) in [6.45, 7) is 1.40. The van der Waals surface area contributed by atoms with Crippen molar-refractivity contribution in [3.8, 4) is 0 Å². The summed E-state index contributed by atoms with van der Waals surface area (Å²) in [5.41, 5.74) is 0.982. The van der Waals surface area contributed by atoms with Crippen molar-refractivity contribution in [2.75, 3.05) is 14.1 Å². The molecule has 2 aromatic carbocycles. The predicted molar refractivity (Wildman–Crippen MR) is 97.5 cm³/mol. The minimum Gasteiger partial charge on any atom is -0.299 e. The monoisotopic (exact) mass is 376 g/mol. The molecule has 2 aromatic rings. The highest BCUT2D eigenvalue weighted by molar-refractivity contribution is 7.89. The SMILES string of the molecule is CC(=O)C(Cc1ccc(S(=O)(=O)N(C)C)cc1)c1ccccc1[N+](=O)[O-]. The van der Waals surface area contributed by atoms with Gasteiger partial charge in [-0.1, -0.05) is 30.3 Å². The highest BCUT2D eigenvalue weighted by atomic mass is 32.2. The predicted octanol–water partition coefficient (Wildman–Crippen LogP) is 2.76. The van der Waals surface area contributed by atoms with E-state index in [1.807, 2.05) is 0 Å². The van der Waals surface area contributed by atoms with E-state index in [1.54, 1.807) is 30.3 Å². The second-order valence-corrected chi connectivity index (χ2v) is 8.27. The van der Waals surface area contributed by atoms with Gasteiger partial charge in [0.15, 0.2) is 0 Å². The molecular weight excluding hydrogens is 356 g/mol. The molecule has 0 N–H and O–H groups in total. The molecular formula is C18H20N2O5S. The molecule has 0 saturated carbocycles. The van der Waals surface area contributed by atoms with Gasteiger partial charge in [-0.25, -0.2) is 12.7 Å². The molecule has 0 saturated heterocycles. The molecule has 0 radical (unpaired) electrons. The first-order valence-corrected chi connectivity index (χ1v) is 9.34. The van der Waals surface area contributed by atoms with Crippen LogP contribution in [0.3, 0.4) is 0 Å². The number of ketones is 1. The van der Waals surface area contributed by atoms with Crippen molar-refractivity contribution >= 4 is 21.5 Å². The maximum atomic E-state index is 12.1. The summed E-state index contributed by atoms with van der Waals surface area (Å²) in [6, 6.07) is 12.4. The number of hydrogen-bond acceptors (Lipinski definition) is 5. The molecule has 0 aromatic heterocycles. The second-order valence-electron chi connectivity index (χ2n) is 6.11. The molecule has 0 fully saturated rings. The summed E-state index contributed by atoms with van der Waals surface area (Å²) in [6.07, 6.45) is 0.252. The highest BCUT2D eigenvalue weighted by Crippen LogP contribution is 2.30. The van der Waals surface area contributed by atoms with Gasteiger partial charge >= 0.3 is 0 Å². The molecule has 0 heterocycles. The van der Waals surface area contributed by atoms with Crippen LogP contribution in [-0.4, -0.2) is 37.5 Å². The van der Waals surface area contributed by atoms with Crippen LogP contribution in [-0.2, 0) is 21.2 Å². The van der Waals surface area contributed by atoms with Crippen LogP contribution in [0, 0.1) is 10.1 Å². The van der Waals surface area contributed by atoms with Crippen molar-refractivity contribution in [2.24, 2.45) is 0 Å². The lowest BCUT2D eigenvalue weighted by Gasteiger charge is -2.15. The zero-order chi connectivity index (χ0) is 19.5. The average molecular weight is 376 g/mol. The van der Waals surface area contributed by atoms with Crippen molar-refractivity contribution < 1.29 is 18.1 Å². The van der Waals surface area contributed by atoms with Gasteiger partial charge in [0.1, 0.15) is 5.78 Å². The number of carbonyl (C=O) groups is 1. The first kappa shape index (κ1) is 19.7. The van der Waals surface area contributed by atoms with Crippen molar-refractivity contribution in [2.45, 2.75) is 24.2 Å². The third-order valence-electron chi connectivity index (χ3n) is 4.14. The molecule has 1 atom stereocenters. The maximum absolute atomic E-state index is 12.1. The van der Waals surface area contributed by atoms with E-state index in [4.69, 9.17) is 0 Å². The Morgan fingerprint density at radius 2 is 1.69 bits per heavy atom. The van der Waals surface area contributed by atoms with Gasteiger partial charge in [-0.15, -0.1) is 0 Å². The molecule has 8 heteroatoms. The zero-order valence-corrected chi connectivity index (χ0v) is 15.6. The Morgan fingerprint density at radius 3 is 2.19 bits per heavy atom. The van der Waals surface area contributed by atoms with Crippen molar-refractivity contribution in [1.82, 2.24) is 4.31 Å². The summed E-state index contributed by atoms with van der Waals surface area (Å²) < 4.78 is 25.3. The third-order valence-corrected chi connectivity index (χ3v) is 5.97. The summed E-state index contributed by atoms with van der Waals surface area (Å²) in [4.78, 5) is 23.0. The van der Waals surface area contributed by atoms with Crippen molar-refractivity contribution in [3.63, 3.8) is 0 Å². The number of sulfonamides is 1. The summed E-state index contributed by atoms with van der Waals surface area (Å²) in [5.74, 6) is -0.864. The van der Waals surface area contributed by atoms with Crippen LogP contribution < -0.4 is 0 Å². The van der Waals surface area contributed by atoms with E-state index >= 15 is 0 Å². The Kier molecular flexibility index (Phi) is 5.89. The Labute approximate surface area is 152 Å². The lowest BCUT2D eigenvalue weighted by molar-refractivity contribution is -0.385. The number of rotatable bonds is 7. The van der Waals surface area contributed by atoms with Crippen LogP contribution in [0.2, 0.25) is 0 Å². The van der Waals surface area contributed by atoms with E-state index in [9.17, 15) is 23.3 Å². The minimum absolute atomic E-state index is 0.0977. The molecule has 138 valence electrons. The summed E-state index contributed by atoms with van der Waals surface area (Å²) >= 11 is 0. The van der Waals surface area contributed by atoms with E-state index in [-0.39, 0.29) is 22.8 Å². The van der Waals surface area contributed by atoms with Crippen LogP contribution in [0.1, 0.15) is 24.0 Å².